The summed E-state index contributed by atoms with van der Waals surface area (Å²) in [7, 11) is 0. The average Bonchev–Trinajstić information content (AvgIpc) is 3.36. The Labute approximate surface area is 185 Å². The number of pyridine rings is 1. The molecular formula is C23H24N4O3S. The Morgan fingerprint density at radius 3 is 2.55 bits per heavy atom. The second kappa shape index (κ2) is 10.2. The van der Waals surface area contributed by atoms with Crippen molar-refractivity contribution in [2.45, 2.75) is 12.5 Å². The number of ether oxygens (including phenoxy) is 1. The Morgan fingerprint density at radius 1 is 1.06 bits per heavy atom. The number of amides is 2. The van der Waals surface area contributed by atoms with Crippen LogP contribution in [-0.4, -0.2) is 49.1 Å². The molecule has 0 aliphatic carbocycles. The molecule has 0 saturated carbocycles. The summed E-state index contributed by atoms with van der Waals surface area (Å²) >= 11 is 1.34. The molecule has 31 heavy (non-hydrogen) atoms. The van der Waals surface area contributed by atoms with E-state index in [2.05, 4.69) is 20.5 Å². The number of nitrogens with zero attached hydrogens (tertiary/aromatic N) is 2. The Bertz CT molecular complexity index is 987. The van der Waals surface area contributed by atoms with Gasteiger partial charge in [-0.2, -0.15) is 0 Å². The fourth-order valence-electron chi connectivity index (χ4n) is 3.37. The highest BCUT2D eigenvalue weighted by Gasteiger charge is 2.23. The van der Waals surface area contributed by atoms with Crippen molar-refractivity contribution in [3.05, 3.63) is 76.6 Å². The Hall–Kier alpha value is -3.23. The monoisotopic (exact) mass is 436 g/mol. The van der Waals surface area contributed by atoms with Crippen LogP contribution in [0.1, 0.15) is 15.2 Å². The molecule has 1 saturated heterocycles. The average molecular weight is 437 g/mol. The summed E-state index contributed by atoms with van der Waals surface area (Å²) in [5, 5.41) is 7.59. The standard InChI is InChI=1S/C23H24N4O3S/c28-22(25-18-8-9-21(24-16-18)27-10-12-30-13-11-27)19(15-17-5-2-1-3-6-17)26-23(29)20-7-4-14-31-20/h1-9,14,16,19H,10-13,15H2,(H,25,28)(H,26,29). The minimum atomic E-state index is -0.712. The van der Waals surface area contributed by atoms with E-state index in [-0.39, 0.29) is 11.8 Å². The van der Waals surface area contributed by atoms with Gasteiger partial charge in [-0.25, -0.2) is 4.98 Å². The van der Waals surface area contributed by atoms with Gasteiger partial charge < -0.3 is 20.3 Å². The number of anilines is 2. The number of carbonyl (C=O) groups excluding carboxylic acids is 2. The molecule has 1 aromatic carbocycles. The highest BCUT2D eigenvalue weighted by molar-refractivity contribution is 7.12. The van der Waals surface area contributed by atoms with E-state index >= 15 is 0 Å². The lowest BCUT2D eigenvalue weighted by Crippen LogP contribution is -2.45. The van der Waals surface area contributed by atoms with Gasteiger partial charge in [-0.1, -0.05) is 36.4 Å². The number of nitrogens with one attached hydrogen (secondary N) is 2. The number of aromatic nitrogens is 1. The fraction of sp³-hybridized carbons (Fsp3) is 0.261. The molecule has 0 spiro atoms. The number of hydrogen-bond acceptors (Lipinski definition) is 6. The highest BCUT2D eigenvalue weighted by atomic mass is 32.1. The highest BCUT2D eigenvalue weighted by Crippen LogP contribution is 2.16. The van der Waals surface area contributed by atoms with Crippen LogP contribution >= 0.6 is 11.3 Å². The van der Waals surface area contributed by atoms with Gasteiger partial charge in [-0.15, -0.1) is 11.3 Å². The second-order valence-corrected chi connectivity index (χ2v) is 8.13. The van der Waals surface area contributed by atoms with Crippen LogP contribution in [0.3, 0.4) is 0 Å². The third-order valence-electron chi connectivity index (χ3n) is 5.00. The van der Waals surface area contributed by atoms with Crippen molar-refractivity contribution in [2.24, 2.45) is 0 Å². The number of hydrogen-bond donors (Lipinski definition) is 2. The van der Waals surface area contributed by atoms with Crippen LogP contribution in [-0.2, 0) is 16.0 Å². The summed E-state index contributed by atoms with van der Waals surface area (Å²) in [5.41, 5.74) is 1.56. The topological polar surface area (TPSA) is 83.6 Å². The summed E-state index contributed by atoms with van der Waals surface area (Å²) in [6.45, 7) is 2.97. The molecule has 3 aromatic rings. The molecule has 1 fully saturated rings. The summed E-state index contributed by atoms with van der Waals surface area (Å²) in [4.78, 5) is 32.8. The predicted molar refractivity (Wildman–Crippen MR) is 122 cm³/mol. The van der Waals surface area contributed by atoms with E-state index < -0.39 is 6.04 Å². The van der Waals surface area contributed by atoms with Gasteiger partial charge in [0, 0.05) is 19.5 Å². The van der Waals surface area contributed by atoms with Crippen LogP contribution in [0.5, 0.6) is 0 Å². The number of morpholine rings is 1. The van der Waals surface area contributed by atoms with Gasteiger partial charge in [-0.3, -0.25) is 9.59 Å². The Kier molecular flexibility index (Phi) is 6.91. The third-order valence-corrected chi connectivity index (χ3v) is 5.87. The van der Waals surface area contributed by atoms with Crippen LogP contribution in [0.15, 0.2) is 66.2 Å². The molecule has 1 aliphatic rings. The first kappa shape index (κ1) is 21.0. The maximum atomic E-state index is 13.0. The predicted octanol–water partition coefficient (Wildman–Crippen LogP) is 2.96. The smallest absolute Gasteiger partial charge is 0.262 e. The minimum absolute atomic E-state index is 0.258. The van der Waals surface area contributed by atoms with E-state index in [1.165, 1.54) is 11.3 Å². The first-order valence-corrected chi connectivity index (χ1v) is 11.0. The second-order valence-electron chi connectivity index (χ2n) is 7.19. The molecule has 8 heteroatoms. The number of carbonyl (C=O) groups is 2. The van der Waals surface area contributed by atoms with Crippen molar-refractivity contribution in [2.75, 3.05) is 36.5 Å². The van der Waals surface area contributed by atoms with E-state index in [1.807, 2.05) is 53.9 Å². The summed E-state index contributed by atoms with van der Waals surface area (Å²) < 4.78 is 5.37. The number of thiophene rings is 1. The Morgan fingerprint density at radius 2 is 1.87 bits per heavy atom. The lowest BCUT2D eigenvalue weighted by molar-refractivity contribution is -0.118. The zero-order chi connectivity index (χ0) is 21.5. The van der Waals surface area contributed by atoms with Crippen molar-refractivity contribution in [3.63, 3.8) is 0 Å². The van der Waals surface area contributed by atoms with Crippen molar-refractivity contribution < 1.29 is 14.3 Å². The van der Waals surface area contributed by atoms with Crippen molar-refractivity contribution in [3.8, 4) is 0 Å². The van der Waals surface area contributed by atoms with Gasteiger partial charge in [0.05, 0.1) is 30.0 Å². The van der Waals surface area contributed by atoms with Crippen molar-refractivity contribution in [1.82, 2.24) is 10.3 Å². The summed E-state index contributed by atoms with van der Waals surface area (Å²) in [6, 6.07) is 16.2. The maximum absolute atomic E-state index is 13.0. The van der Waals surface area contributed by atoms with Crippen LogP contribution in [0.25, 0.3) is 0 Å². The molecule has 0 radical (unpaired) electrons. The van der Waals surface area contributed by atoms with Crippen molar-refractivity contribution >= 4 is 34.7 Å². The van der Waals surface area contributed by atoms with Crippen molar-refractivity contribution in [1.29, 1.82) is 0 Å². The van der Waals surface area contributed by atoms with Gasteiger partial charge in [0.2, 0.25) is 5.91 Å². The van der Waals surface area contributed by atoms with E-state index in [1.54, 1.807) is 12.3 Å². The molecule has 0 bridgehead atoms. The summed E-state index contributed by atoms with van der Waals surface area (Å²) in [6.07, 6.45) is 2.03. The molecule has 2 amide bonds. The summed E-state index contributed by atoms with van der Waals surface area (Å²) in [5.74, 6) is 0.315. The quantitative estimate of drug-likeness (QED) is 0.595. The zero-order valence-corrected chi connectivity index (χ0v) is 17.8. The molecule has 4 rings (SSSR count). The van der Waals surface area contributed by atoms with Gasteiger partial charge in [0.1, 0.15) is 11.9 Å². The number of benzene rings is 1. The van der Waals surface area contributed by atoms with Crippen LogP contribution < -0.4 is 15.5 Å². The van der Waals surface area contributed by atoms with Gasteiger partial charge in [0.15, 0.2) is 0 Å². The Balaban J connectivity index is 1.44. The van der Waals surface area contributed by atoms with E-state index in [0.717, 1.165) is 24.5 Å². The largest absolute Gasteiger partial charge is 0.378 e. The first-order valence-electron chi connectivity index (χ1n) is 10.2. The maximum Gasteiger partial charge on any atom is 0.262 e. The minimum Gasteiger partial charge on any atom is -0.378 e. The molecule has 2 aromatic heterocycles. The lowest BCUT2D eigenvalue weighted by Gasteiger charge is -2.27. The zero-order valence-electron chi connectivity index (χ0n) is 17.0. The fourth-order valence-corrected chi connectivity index (χ4v) is 3.99. The van der Waals surface area contributed by atoms with Crippen LogP contribution in [0.4, 0.5) is 11.5 Å². The molecule has 3 heterocycles. The van der Waals surface area contributed by atoms with Crippen LogP contribution in [0.2, 0.25) is 0 Å². The van der Waals surface area contributed by atoms with E-state index in [0.29, 0.717) is 30.2 Å². The van der Waals surface area contributed by atoms with E-state index in [9.17, 15) is 9.59 Å². The SMILES string of the molecule is O=C(NC(Cc1ccccc1)C(=O)Nc1ccc(N2CCOCC2)nc1)c1cccs1. The molecule has 1 aliphatic heterocycles. The molecule has 160 valence electrons. The molecule has 2 N–H and O–H groups in total. The molecule has 1 unspecified atom stereocenters. The third kappa shape index (κ3) is 5.68. The van der Waals surface area contributed by atoms with Gasteiger partial charge in [-0.05, 0) is 29.1 Å². The lowest BCUT2D eigenvalue weighted by atomic mass is 10.0. The first-order chi connectivity index (χ1) is 15.2. The van der Waals surface area contributed by atoms with E-state index in [4.69, 9.17) is 4.74 Å². The molecule has 1 atom stereocenters. The van der Waals surface area contributed by atoms with Gasteiger partial charge in [0.25, 0.3) is 5.91 Å². The number of rotatable bonds is 7. The molecular weight excluding hydrogens is 412 g/mol. The van der Waals surface area contributed by atoms with Crippen LogP contribution in [0, 0.1) is 0 Å². The van der Waals surface area contributed by atoms with Gasteiger partial charge >= 0.3 is 0 Å². The normalized spacial score (nSPS) is 14.6. The molecule has 7 nitrogen and oxygen atoms in total.